The summed E-state index contributed by atoms with van der Waals surface area (Å²) in [4.78, 5) is 30.1. The minimum Gasteiger partial charge on any atom is -0.459 e. The van der Waals surface area contributed by atoms with Gasteiger partial charge < -0.3 is 10.1 Å². The Kier molecular flexibility index (Phi) is 5.98. The Bertz CT molecular complexity index is 786. The first-order chi connectivity index (χ1) is 12.4. The zero-order chi connectivity index (χ0) is 18.7. The Morgan fingerprint density at radius 1 is 1.50 bits per heavy atom. The van der Waals surface area contributed by atoms with Crippen molar-refractivity contribution in [1.29, 1.82) is 0 Å². The van der Waals surface area contributed by atoms with Crippen molar-refractivity contribution in [1.82, 2.24) is 15.2 Å². The van der Waals surface area contributed by atoms with E-state index < -0.39 is 0 Å². The number of amides is 1. The molecule has 0 aliphatic heterocycles. The van der Waals surface area contributed by atoms with Gasteiger partial charge in [-0.05, 0) is 44.6 Å². The fraction of sp³-hybridized carbons (Fsp3) is 0.529. The summed E-state index contributed by atoms with van der Waals surface area (Å²) in [5, 5.41) is 10.5. The van der Waals surface area contributed by atoms with Gasteiger partial charge in [0.05, 0.1) is 17.4 Å². The number of anilines is 1. The summed E-state index contributed by atoms with van der Waals surface area (Å²) >= 11 is 2.76. The highest BCUT2D eigenvalue weighted by atomic mass is 32.2. The summed E-state index contributed by atoms with van der Waals surface area (Å²) in [6, 6.07) is 0. The number of thioether (sulfide) groups is 1. The van der Waals surface area contributed by atoms with Gasteiger partial charge in [-0.2, -0.15) is 5.10 Å². The molecule has 2 aromatic rings. The van der Waals surface area contributed by atoms with Gasteiger partial charge in [0.1, 0.15) is 11.3 Å². The fourth-order valence-electron chi connectivity index (χ4n) is 2.89. The Morgan fingerprint density at radius 2 is 2.31 bits per heavy atom. The van der Waals surface area contributed by atoms with Crippen LogP contribution in [0, 0.1) is 5.92 Å². The fourth-order valence-corrected chi connectivity index (χ4v) is 4.88. The standard InChI is InChI=1S/C17H22N4O3S2/c1-9(2)24-16(23)14-11-5-4-10(3)6-12(11)26-15(14)20-13(22)7-25-17-18-8-19-21-17/h8-10H,4-7H2,1-3H3,(H,20,22)(H,18,19,21)/t10-/m1/s1. The molecule has 0 radical (unpaired) electrons. The number of aromatic nitrogens is 3. The lowest BCUT2D eigenvalue weighted by molar-refractivity contribution is -0.113. The zero-order valence-corrected chi connectivity index (χ0v) is 16.6. The third kappa shape index (κ3) is 4.45. The molecule has 1 aliphatic rings. The van der Waals surface area contributed by atoms with E-state index >= 15 is 0 Å². The van der Waals surface area contributed by atoms with Crippen molar-refractivity contribution < 1.29 is 14.3 Å². The molecule has 0 saturated carbocycles. The van der Waals surface area contributed by atoms with E-state index in [1.807, 2.05) is 13.8 Å². The first kappa shape index (κ1) is 18.9. The number of hydrogen-bond donors (Lipinski definition) is 2. The van der Waals surface area contributed by atoms with Crippen molar-refractivity contribution >= 4 is 40.0 Å². The highest BCUT2D eigenvalue weighted by Crippen LogP contribution is 2.40. The van der Waals surface area contributed by atoms with Crippen LogP contribution >= 0.6 is 23.1 Å². The number of thiophene rings is 1. The van der Waals surface area contributed by atoms with E-state index in [9.17, 15) is 9.59 Å². The summed E-state index contributed by atoms with van der Waals surface area (Å²) < 4.78 is 5.42. The number of carbonyl (C=O) groups excluding carboxylic acids is 2. The predicted molar refractivity (Wildman–Crippen MR) is 102 cm³/mol. The molecular weight excluding hydrogens is 372 g/mol. The van der Waals surface area contributed by atoms with Gasteiger partial charge in [-0.1, -0.05) is 18.7 Å². The number of nitrogens with zero attached hydrogens (tertiary/aromatic N) is 2. The van der Waals surface area contributed by atoms with Crippen LogP contribution in [0.5, 0.6) is 0 Å². The van der Waals surface area contributed by atoms with Gasteiger partial charge in [-0.3, -0.25) is 9.89 Å². The molecule has 2 heterocycles. The molecule has 26 heavy (non-hydrogen) atoms. The molecule has 0 aromatic carbocycles. The van der Waals surface area contributed by atoms with Crippen LogP contribution in [0.2, 0.25) is 0 Å². The topological polar surface area (TPSA) is 97.0 Å². The van der Waals surface area contributed by atoms with Crippen molar-refractivity contribution in [3.05, 3.63) is 22.3 Å². The van der Waals surface area contributed by atoms with Gasteiger partial charge >= 0.3 is 5.97 Å². The highest BCUT2D eigenvalue weighted by Gasteiger charge is 2.29. The maximum atomic E-state index is 12.6. The number of ether oxygens (including phenoxy) is 1. The lowest BCUT2D eigenvalue weighted by Gasteiger charge is -2.18. The van der Waals surface area contributed by atoms with Crippen LogP contribution in [0.4, 0.5) is 5.00 Å². The highest BCUT2D eigenvalue weighted by molar-refractivity contribution is 7.99. The summed E-state index contributed by atoms with van der Waals surface area (Å²) in [5.74, 6) is 0.231. The number of nitrogens with one attached hydrogen (secondary N) is 2. The molecule has 3 rings (SSSR count). The lowest BCUT2D eigenvalue weighted by Crippen LogP contribution is -2.19. The SMILES string of the molecule is CC(C)OC(=O)c1c(NC(=O)CSc2ncn[nH]2)sc2c1CC[C@@H](C)C2. The van der Waals surface area contributed by atoms with E-state index in [4.69, 9.17) is 4.74 Å². The van der Waals surface area contributed by atoms with Crippen molar-refractivity contribution in [2.75, 3.05) is 11.1 Å². The van der Waals surface area contributed by atoms with E-state index in [-0.39, 0.29) is 23.7 Å². The molecule has 2 N–H and O–H groups in total. The lowest BCUT2D eigenvalue weighted by atomic mass is 9.88. The maximum absolute atomic E-state index is 12.6. The molecule has 7 nitrogen and oxygen atoms in total. The van der Waals surface area contributed by atoms with Gasteiger partial charge in [0, 0.05) is 4.88 Å². The van der Waals surface area contributed by atoms with E-state index in [1.165, 1.54) is 34.3 Å². The number of H-pyrrole nitrogens is 1. The van der Waals surface area contributed by atoms with Crippen LogP contribution in [0.15, 0.2) is 11.5 Å². The smallest absolute Gasteiger partial charge is 0.341 e. The Morgan fingerprint density at radius 3 is 3.00 bits per heavy atom. The minimum atomic E-state index is -0.356. The first-order valence-electron chi connectivity index (χ1n) is 8.57. The second-order valence-corrected chi connectivity index (χ2v) is 8.71. The summed E-state index contributed by atoms with van der Waals surface area (Å²) in [7, 11) is 0. The average Bonchev–Trinajstić information content (AvgIpc) is 3.18. The maximum Gasteiger partial charge on any atom is 0.341 e. The average molecular weight is 395 g/mol. The van der Waals surface area contributed by atoms with Crippen molar-refractivity contribution in [3.8, 4) is 0 Å². The number of aromatic amines is 1. The summed E-state index contributed by atoms with van der Waals surface area (Å²) in [5.41, 5.74) is 1.57. The zero-order valence-electron chi connectivity index (χ0n) is 15.0. The Balaban J connectivity index is 1.78. The molecule has 1 amide bonds. The Labute approximate surface area is 160 Å². The molecular formula is C17H22N4O3S2. The molecule has 0 saturated heterocycles. The molecule has 1 atom stereocenters. The molecule has 140 valence electrons. The molecule has 0 bridgehead atoms. The number of fused-ring (bicyclic) bond motifs is 1. The quantitative estimate of drug-likeness (QED) is 0.576. The van der Waals surface area contributed by atoms with E-state index in [2.05, 4.69) is 27.4 Å². The van der Waals surface area contributed by atoms with Gasteiger partial charge in [0.25, 0.3) is 0 Å². The molecule has 0 fully saturated rings. The number of hydrogen-bond acceptors (Lipinski definition) is 7. The largest absolute Gasteiger partial charge is 0.459 e. The van der Waals surface area contributed by atoms with Crippen LogP contribution in [0.25, 0.3) is 0 Å². The van der Waals surface area contributed by atoms with Gasteiger partial charge in [0.2, 0.25) is 5.91 Å². The first-order valence-corrected chi connectivity index (χ1v) is 10.4. The van der Waals surface area contributed by atoms with E-state index in [0.29, 0.717) is 21.6 Å². The van der Waals surface area contributed by atoms with Crippen molar-refractivity contribution in [2.45, 2.75) is 51.3 Å². The van der Waals surface area contributed by atoms with Crippen LogP contribution in [0.3, 0.4) is 0 Å². The van der Waals surface area contributed by atoms with Crippen molar-refractivity contribution in [3.63, 3.8) is 0 Å². The van der Waals surface area contributed by atoms with E-state index in [0.717, 1.165) is 24.8 Å². The number of rotatable bonds is 6. The molecule has 0 unspecified atom stereocenters. The minimum absolute atomic E-state index is 0.184. The molecule has 2 aromatic heterocycles. The summed E-state index contributed by atoms with van der Waals surface area (Å²) in [6.45, 7) is 5.86. The number of esters is 1. The molecule has 9 heteroatoms. The van der Waals surface area contributed by atoms with Crippen LogP contribution in [-0.4, -0.2) is 38.9 Å². The predicted octanol–water partition coefficient (Wildman–Crippen LogP) is 3.29. The number of carbonyl (C=O) groups is 2. The Hall–Kier alpha value is -1.87. The van der Waals surface area contributed by atoms with Gasteiger partial charge in [-0.15, -0.1) is 11.3 Å². The third-order valence-electron chi connectivity index (χ3n) is 4.04. The summed E-state index contributed by atoms with van der Waals surface area (Å²) in [6.07, 6.45) is 4.02. The second kappa shape index (κ2) is 8.22. The third-order valence-corrected chi connectivity index (χ3v) is 6.09. The molecule has 1 aliphatic carbocycles. The van der Waals surface area contributed by atoms with Crippen LogP contribution in [0.1, 0.15) is 48.0 Å². The monoisotopic (exact) mass is 394 g/mol. The van der Waals surface area contributed by atoms with Crippen LogP contribution in [-0.2, 0) is 22.4 Å². The van der Waals surface area contributed by atoms with Crippen LogP contribution < -0.4 is 5.32 Å². The van der Waals surface area contributed by atoms with Gasteiger partial charge in [0.15, 0.2) is 5.16 Å². The van der Waals surface area contributed by atoms with Crippen molar-refractivity contribution in [2.24, 2.45) is 5.92 Å². The second-order valence-electron chi connectivity index (χ2n) is 6.64. The normalized spacial score (nSPS) is 16.4. The van der Waals surface area contributed by atoms with Gasteiger partial charge in [-0.25, -0.2) is 9.78 Å². The molecule has 0 spiro atoms. The van der Waals surface area contributed by atoms with E-state index in [1.54, 1.807) is 0 Å².